The molecule has 2 heterocycles. The normalized spacial score (nSPS) is 10.7. The molecule has 0 aliphatic carbocycles. The van der Waals surface area contributed by atoms with Crippen LogP contribution in [0.4, 0.5) is 17.5 Å². The first-order valence-electron chi connectivity index (χ1n) is 8.82. The van der Waals surface area contributed by atoms with Crippen molar-refractivity contribution in [1.29, 1.82) is 0 Å². The van der Waals surface area contributed by atoms with E-state index in [1.165, 1.54) is 10.1 Å². The van der Waals surface area contributed by atoms with E-state index in [1.807, 2.05) is 18.2 Å². The molecular formula is C21H20N4O3S. The van der Waals surface area contributed by atoms with Gasteiger partial charge in [0.25, 0.3) is 0 Å². The molecule has 7 nitrogen and oxygen atoms in total. The maximum absolute atomic E-state index is 5.98. The van der Waals surface area contributed by atoms with Crippen molar-refractivity contribution in [3.05, 3.63) is 48.5 Å². The third kappa shape index (κ3) is 3.74. The molecule has 8 heteroatoms. The van der Waals surface area contributed by atoms with Gasteiger partial charge in [0.2, 0.25) is 11.7 Å². The lowest BCUT2D eigenvalue weighted by molar-refractivity contribution is 0.324. The lowest BCUT2D eigenvalue weighted by atomic mass is 10.2. The highest BCUT2D eigenvalue weighted by molar-refractivity contribution is 7.22. The van der Waals surface area contributed by atoms with Crippen molar-refractivity contribution in [1.82, 2.24) is 9.97 Å². The molecule has 4 rings (SSSR count). The summed E-state index contributed by atoms with van der Waals surface area (Å²) >= 11 is 1.66. The molecule has 2 aromatic carbocycles. The predicted molar refractivity (Wildman–Crippen MR) is 117 cm³/mol. The smallest absolute Gasteiger partial charge is 0.222 e. The summed E-state index contributed by atoms with van der Waals surface area (Å²) < 4.78 is 17.4. The first-order chi connectivity index (χ1) is 14.1. The summed E-state index contributed by atoms with van der Waals surface area (Å²) in [4.78, 5) is 9.73. The summed E-state index contributed by atoms with van der Waals surface area (Å²) in [6.45, 7) is 0. The average Bonchev–Trinajstić information content (AvgIpc) is 3.17. The average molecular weight is 408 g/mol. The van der Waals surface area contributed by atoms with Gasteiger partial charge in [0.1, 0.15) is 5.82 Å². The molecule has 0 saturated carbocycles. The Bertz CT molecular complexity index is 1120. The number of rotatable bonds is 6. The first kappa shape index (κ1) is 18.8. The van der Waals surface area contributed by atoms with Crippen LogP contribution in [0.2, 0.25) is 0 Å². The van der Waals surface area contributed by atoms with Crippen LogP contribution in [0.5, 0.6) is 17.2 Å². The van der Waals surface area contributed by atoms with E-state index in [9.17, 15) is 0 Å². The lowest BCUT2D eigenvalue weighted by Crippen LogP contribution is -2.02. The van der Waals surface area contributed by atoms with Crippen LogP contribution in [0.1, 0.15) is 0 Å². The second kappa shape index (κ2) is 7.84. The summed E-state index contributed by atoms with van der Waals surface area (Å²) in [5.41, 5.74) is 7.46. The van der Waals surface area contributed by atoms with Crippen LogP contribution in [0.15, 0.2) is 48.5 Å². The Hall–Kier alpha value is -3.52. The molecule has 0 aliphatic rings. The molecule has 4 aromatic rings. The van der Waals surface area contributed by atoms with Crippen LogP contribution in [0.25, 0.3) is 20.7 Å². The van der Waals surface area contributed by atoms with Gasteiger partial charge in [-0.3, -0.25) is 0 Å². The summed E-state index contributed by atoms with van der Waals surface area (Å²) in [5.74, 6) is 2.37. The molecule has 0 aliphatic heterocycles. The third-order valence-corrected chi connectivity index (χ3v) is 5.50. The van der Waals surface area contributed by atoms with Gasteiger partial charge in [-0.2, -0.15) is 4.98 Å². The van der Waals surface area contributed by atoms with Crippen molar-refractivity contribution >= 4 is 38.9 Å². The van der Waals surface area contributed by atoms with E-state index in [4.69, 9.17) is 19.9 Å². The van der Waals surface area contributed by atoms with Gasteiger partial charge in [-0.15, -0.1) is 11.3 Å². The van der Waals surface area contributed by atoms with E-state index in [2.05, 4.69) is 33.5 Å². The fourth-order valence-electron chi connectivity index (χ4n) is 3.07. The number of thiophene rings is 1. The molecule has 29 heavy (non-hydrogen) atoms. The van der Waals surface area contributed by atoms with Crippen molar-refractivity contribution < 1.29 is 14.2 Å². The number of aromatic nitrogens is 2. The number of hydrogen-bond donors (Lipinski definition) is 2. The largest absolute Gasteiger partial charge is 0.493 e. The van der Waals surface area contributed by atoms with Gasteiger partial charge in [0, 0.05) is 28.6 Å². The van der Waals surface area contributed by atoms with Crippen molar-refractivity contribution in [2.75, 3.05) is 32.4 Å². The topological polar surface area (TPSA) is 91.5 Å². The summed E-state index contributed by atoms with van der Waals surface area (Å²) in [7, 11) is 4.71. The quantitative estimate of drug-likeness (QED) is 0.477. The standard InChI is InChI=1S/C21H20N4O3S/c1-26-15-9-13(10-16(27-2)20(15)28-3)23-19-11-14(24-21(22)25-19)18-8-12-6-4-5-7-17(12)29-18/h4-11H,1-3H3,(H3,22,23,24,25). The van der Waals surface area contributed by atoms with Crippen molar-refractivity contribution in [3.8, 4) is 27.8 Å². The van der Waals surface area contributed by atoms with E-state index in [1.54, 1.807) is 44.8 Å². The van der Waals surface area contributed by atoms with Gasteiger partial charge in [0.15, 0.2) is 11.5 Å². The minimum absolute atomic E-state index is 0.190. The Kier molecular flexibility index (Phi) is 5.09. The molecular weight excluding hydrogens is 388 g/mol. The molecule has 0 unspecified atom stereocenters. The minimum atomic E-state index is 0.190. The molecule has 0 radical (unpaired) electrons. The Morgan fingerprint density at radius 3 is 2.28 bits per heavy atom. The van der Waals surface area contributed by atoms with Crippen molar-refractivity contribution in [2.45, 2.75) is 0 Å². The number of nitrogens with two attached hydrogens (primary N) is 1. The van der Waals surface area contributed by atoms with Crippen LogP contribution >= 0.6 is 11.3 Å². The molecule has 0 atom stereocenters. The van der Waals surface area contributed by atoms with Crippen LogP contribution in [0.3, 0.4) is 0 Å². The number of nitrogens with zero attached hydrogens (tertiary/aromatic N) is 2. The number of nitrogen functional groups attached to an aromatic ring is 1. The Morgan fingerprint density at radius 1 is 0.897 bits per heavy atom. The number of methoxy groups -OCH3 is 3. The molecule has 0 bridgehead atoms. The molecule has 0 fully saturated rings. The van der Waals surface area contributed by atoms with Crippen LogP contribution in [-0.4, -0.2) is 31.3 Å². The van der Waals surface area contributed by atoms with E-state index < -0.39 is 0 Å². The summed E-state index contributed by atoms with van der Waals surface area (Å²) in [6.07, 6.45) is 0. The fraction of sp³-hybridized carbons (Fsp3) is 0.143. The monoisotopic (exact) mass is 408 g/mol. The second-order valence-corrected chi connectivity index (χ2v) is 7.27. The van der Waals surface area contributed by atoms with Gasteiger partial charge in [-0.1, -0.05) is 18.2 Å². The highest BCUT2D eigenvalue weighted by Crippen LogP contribution is 2.41. The number of ether oxygens (including phenoxy) is 3. The molecule has 148 valence electrons. The van der Waals surface area contributed by atoms with Crippen LogP contribution < -0.4 is 25.3 Å². The number of anilines is 3. The molecule has 2 aromatic heterocycles. The molecule has 0 spiro atoms. The molecule has 0 saturated heterocycles. The summed E-state index contributed by atoms with van der Waals surface area (Å²) in [6, 6.07) is 15.8. The van der Waals surface area contributed by atoms with Gasteiger partial charge in [-0.05, 0) is 17.5 Å². The highest BCUT2D eigenvalue weighted by atomic mass is 32.1. The summed E-state index contributed by atoms with van der Waals surface area (Å²) in [5, 5.41) is 4.42. The predicted octanol–water partition coefficient (Wildman–Crippen LogP) is 4.71. The van der Waals surface area contributed by atoms with E-state index in [-0.39, 0.29) is 5.95 Å². The first-order valence-corrected chi connectivity index (χ1v) is 9.63. The zero-order valence-corrected chi connectivity index (χ0v) is 17.0. The van der Waals surface area contributed by atoms with Crippen LogP contribution in [0, 0.1) is 0 Å². The Balaban J connectivity index is 1.71. The van der Waals surface area contributed by atoms with Gasteiger partial charge in [-0.25, -0.2) is 4.98 Å². The van der Waals surface area contributed by atoms with Gasteiger partial charge >= 0.3 is 0 Å². The third-order valence-electron chi connectivity index (χ3n) is 4.36. The minimum Gasteiger partial charge on any atom is -0.493 e. The fourth-order valence-corrected chi connectivity index (χ4v) is 4.09. The maximum atomic E-state index is 5.98. The van der Waals surface area contributed by atoms with Gasteiger partial charge < -0.3 is 25.3 Å². The van der Waals surface area contributed by atoms with E-state index in [0.29, 0.717) is 23.1 Å². The number of nitrogens with one attached hydrogen (secondary N) is 1. The zero-order chi connectivity index (χ0) is 20.4. The van der Waals surface area contributed by atoms with Crippen molar-refractivity contribution in [3.63, 3.8) is 0 Å². The van der Waals surface area contributed by atoms with Gasteiger partial charge in [0.05, 0.1) is 31.9 Å². The van der Waals surface area contributed by atoms with E-state index in [0.717, 1.165) is 16.3 Å². The van der Waals surface area contributed by atoms with Crippen molar-refractivity contribution in [2.24, 2.45) is 0 Å². The SMILES string of the molecule is COc1cc(Nc2cc(-c3cc4ccccc4s3)nc(N)n2)cc(OC)c1OC. The number of benzene rings is 2. The van der Waals surface area contributed by atoms with Crippen LogP contribution in [-0.2, 0) is 0 Å². The zero-order valence-electron chi connectivity index (χ0n) is 16.2. The lowest BCUT2D eigenvalue weighted by Gasteiger charge is -2.15. The number of hydrogen-bond acceptors (Lipinski definition) is 8. The molecule has 0 amide bonds. The van der Waals surface area contributed by atoms with E-state index >= 15 is 0 Å². The molecule has 3 N–H and O–H groups in total. The Labute approximate surface area is 172 Å². The highest BCUT2D eigenvalue weighted by Gasteiger charge is 2.14. The Morgan fingerprint density at radius 2 is 1.62 bits per heavy atom. The second-order valence-electron chi connectivity index (χ2n) is 6.18. The maximum Gasteiger partial charge on any atom is 0.222 e. The number of fused-ring (bicyclic) bond motifs is 1.